The Balaban J connectivity index is 1.45. The number of benzene rings is 2. The summed E-state index contributed by atoms with van der Waals surface area (Å²) < 4.78 is 19.4. The Labute approximate surface area is 214 Å². The van der Waals surface area contributed by atoms with E-state index in [0.29, 0.717) is 17.9 Å². The van der Waals surface area contributed by atoms with Crippen LogP contribution < -0.4 is 10.6 Å². The molecular weight excluding hydrogens is 477 g/mol. The molecule has 0 radical (unpaired) electrons. The third kappa shape index (κ3) is 6.63. The van der Waals surface area contributed by atoms with Crippen LogP contribution in [-0.4, -0.2) is 51.4 Å². The van der Waals surface area contributed by atoms with Gasteiger partial charge in [0.05, 0.1) is 18.0 Å². The molecule has 0 saturated carbocycles. The standard InChI is InChI=1S/C27H32FN5O4/c1-17-9-6-7-14-33(17)23(34)15-22(31-27(36)37-16-19-10-4-3-5-11-19)26(35)29-18(2)25-30-21-13-8-12-20(28)24(21)32-25/h3-5,8,10-13,17-18,22H,6-7,9,14-16H2,1-2H3,(H,29,35)(H,30,32)(H,31,36)/t17-,18+,22-/m0/s1. The van der Waals surface area contributed by atoms with Gasteiger partial charge in [-0.05, 0) is 50.8 Å². The lowest BCUT2D eigenvalue weighted by Gasteiger charge is -2.34. The maximum atomic E-state index is 14.1. The van der Waals surface area contributed by atoms with Crippen LogP contribution in [0.1, 0.15) is 57.0 Å². The molecule has 0 unspecified atom stereocenters. The molecule has 10 heteroatoms. The Kier molecular flexibility index (Phi) is 8.37. The van der Waals surface area contributed by atoms with Gasteiger partial charge < -0.3 is 25.3 Å². The van der Waals surface area contributed by atoms with E-state index in [4.69, 9.17) is 4.74 Å². The quantitative estimate of drug-likeness (QED) is 0.425. The topological polar surface area (TPSA) is 116 Å². The third-order valence-corrected chi connectivity index (χ3v) is 6.57. The molecule has 3 aromatic rings. The van der Waals surface area contributed by atoms with E-state index in [2.05, 4.69) is 20.6 Å². The smallest absolute Gasteiger partial charge is 0.408 e. The third-order valence-electron chi connectivity index (χ3n) is 6.57. The second-order valence-corrected chi connectivity index (χ2v) is 9.38. The summed E-state index contributed by atoms with van der Waals surface area (Å²) >= 11 is 0. The summed E-state index contributed by atoms with van der Waals surface area (Å²) in [5.41, 5.74) is 1.47. The predicted molar refractivity (Wildman–Crippen MR) is 136 cm³/mol. The van der Waals surface area contributed by atoms with Crippen LogP contribution in [-0.2, 0) is 20.9 Å². The first-order valence-corrected chi connectivity index (χ1v) is 12.5. The lowest BCUT2D eigenvalue weighted by atomic mass is 10.0. The van der Waals surface area contributed by atoms with Crippen molar-refractivity contribution in [3.63, 3.8) is 0 Å². The monoisotopic (exact) mass is 509 g/mol. The second-order valence-electron chi connectivity index (χ2n) is 9.38. The van der Waals surface area contributed by atoms with Gasteiger partial charge in [-0.25, -0.2) is 14.2 Å². The van der Waals surface area contributed by atoms with Gasteiger partial charge in [-0.2, -0.15) is 0 Å². The number of rotatable bonds is 8. The van der Waals surface area contributed by atoms with E-state index in [9.17, 15) is 18.8 Å². The normalized spacial score (nSPS) is 17.2. The van der Waals surface area contributed by atoms with Gasteiger partial charge in [-0.15, -0.1) is 0 Å². The number of hydrogen-bond acceptors (Lipinski definition) is 5. The second kappa shape index (κ2) is 11.9. The van der Waals surface area contributed by atoms with Crippen LogP contribution in [0, 0.1) is 5.82 Å². The van der Waals surface area contributed by atoms with Gasteiger partial charge in [0.25, 0.3) is 0 Å². The summed E-state index contributed by atoms with van der Waals surface area (Å²) in [4.78, 5) is 47.9. The molecule has 1 fully saturated rings. The van der Waals surface area contributed by atoms with Gasteiger partial charge in [0, 0.05) is 12.6 Å². The van der Waals surface area contributed by atoms with E-state index in [-0.39, 0.29) is 30.5 Å². The fourth-order valence-corrected chi connectivity index (χ4v) is 4.48. The maximum Gasteiger partial charge on any atom is 0.408 e. The van der Waals surface area contributed by atoms with Gasteiger partial charge in [-0.3, -0.25) is 9.59 Å². The number of aromatic amines is 1. The minimum Gasteiger partial charge on any atom is -0.445 e. The zero-order valence-electron chi connectivity index (χ0n) is 21.0. The predicted octanol–water partition coefficient (Wildman–Crippen LogP) is 3.97. The molecule has 0 bridgehead atoms. The first kappa shape index (κ1) is 26.1. The van der Waals surface area contributed by atoms with Crippen LogP contribution in [0.2, 0.25) is 0 Å². The Bertz CT molecular complexity index is 1250. The van der Waals surface area contributed by atoms with E-state index in [1.165, 1.54) is 6.07 Å². The molecule has 1 saturated heterocycles. The summed E-state index contributed by atoms with van der Waals surface area (Å²) in [5.74, 6) is -0.896. The van der Waals surface area contributed by atoms with Crippen LogP contribution >= 0.6 is 0 Å². The SMILES string of the molecule is C[C@@H](NC(=O)[C@H](CC(=O)N1CCCC[C@@H]1C)NC(=O)OCc1ccccc1)c1nc2c(F)cccc2[nH]1. The Morgan fingerprint density at radius 3 is 2.65 bits per heavy atom. The largest absolute Gasteiger partial charge is 0.445 e. The average molecular weight is 510 g/mol. The number of nitrogens with one attached hydrogen (secondary N) is 3. The minimum absolute atomic E-state index is 0.0269. The number of aromatic nitrogens is 2. The molecular formula is C27H32FN5O4. The molecule has 0 aliphatic carbocycles. The number of para-hydroxylation sites is 1. The van der Waals surface area contributed by atoms with Crippen LogP contribution in [0.5, 0.6) is 0 Å². The summed E-state index contributed by atoms with van der Waals surface area (Å²) in [5, 5.41) is 5.33. The highest BCUT2D eigenvalue weighted by Gasteiger charge is 2.31. The molecule has 9 nitrogen and oxygen atoms in total. The van der Waals surface area contributed by atoms with Crippen LogP contribution in [0.4, 0.5) is 9.18 Å². The van der Waals surface area contributed by atoms with Gasteiger partial charge >= 0.3 is 6.09 Å². The van der Waals surface area contributed by atoms with Crippen molar-refractivity contribution in [2.75, 3.05) is 6.54 Å². The number of fused-ring (bicyclic) bond motifs is 1. The van der Waals surface area contributed by atoms with Crippen molar-refractivity contribution in [3.05, 3.63) is 65.7 Å². The summed E-state index contributed by atoms with van der Waals surface area (Å²) in [6.45, 7) is 4.32. The molecule has 1 aliphatic heterocycles. The fraction of sp³-hybridized carbons (Fsp3) is 0.407. The number of carbonyl (C=O) groups excluding carboxylic acids is 3. The summed E-state index contributed by atoms with van der Waals surface area (Å²) in [6, 6.07) is 12.0. The minimum atomic E-state index is -1.16. The first-order valence-electron chi connectivity index (χ1n) is 12.5. The number of imidazole rings is 1. The van der Waals surface area contributed by atoms with E-state index in [1.807, 2.05) is 37.3 Å². The van der Waals surface area contributed by atoms with E-state index in [0.717, 1.165) is 24.8 Å². The number of alkyl carbamates (subject to hydrolysis) is 1. The lowest BCUT2D eigenvalue weighted by molar-refractivity contribution is -0.137. The summed E-state index contributed by atoms with van der Waals surface area (Å²) in [7, 11) is 0. The molecule has 1 aromatic heterocycles. The van der Waals surface area contributed by atoms with Crippen molar-refractivity contribution >= 4 is 28.9 Å². The number of carbonyl (C=O) groups is 3. The number of nitrogens with zero attached hydrogens (tertiary/aromatic N) is 2. The Morgan fingerprint density at radius 1 is 1.14 bits per heavy atom. The van der Waals surface area contributed by atoms with Crippen molar-refractivity contribution in [2.45, 2.75) is 64.3 Å². The van der Waals surface area contributed by atoms with Crippen molar-refractivity contribution < 1.29 is 23.5 Å². The maximum absolute atomic E-state index is 14.1. The number of likely N-dealkylation sites (tertiary alicyclic amines) is 1. The molecule has 0 spiro atoms. The zero-order valence-corrected chi connectivity index (χ0v) is 21.0. The number of H-pyrrole nitrogens is 1. The van der Waals surface area contributed by atoms with Gasteiger partial charge in [0.15, 0.2) is 5.82 Å². The molecule has 1 aliphatic rings. The van der Waals surface area contributed by atoms with E-state index in [1.54, 1.807) is 24.0 Å². The number of piperidine rings is 1. The van der Waals surface area contributed by atoms with Gasteiger partial charge in [-0.1, -0.05) is 36.4 Å². The highest BCUT2D eigenvalue weighted by Crippen LogP contribution is 2.20. The van der Waals surface area contributed by atoms with Crippen molar-refractivity contribution in [2.24, 2.45) is 0 Å². The Hall–Kier alpha value is -3.95. The average Bonchev–Trinajstić information content (AvgIpc) is 3.34. The summed E-state index contributed by atoms with van der Waals surface area (Å²) in [6.07, 6.45) is 1.84. The highest BCUT2D eigenvalue weighted by atomic mass is 19.1. The van der Waals surface area contributed by atoms with E-state index >= 15 is 0 Å². The number of amides is 3. The van der Waals surface area contributed by atoms with Gasteiger partial charge in [0.1, 0.15) is 24.0 Å². The number of ether oxygens (including phenoxy) is 1. The van der Waals surface area contributed by atoms with Crippen LogP contribution in [0.3, 0.4) is 0 Å². The molecule has 3 atom stereocenters. The van der Waals surface area contributed by atoms with Crippen molar-refractivity contribution in [3.8, 4) is 0 Å². The molecule has 196 valence electrons. The molecule has 37 heavy (non-hydrogen) atoms. The van der Waals surface area contributed by atoms with Crippen LogP contribution in [0.15, 0.2) is 48.5 Å². The lowest BCUT2D eigenvalue weighted by Crippen LogP contribution is -2.51. The molecule has 2 heterocycles. The van der Waals surface area contributed by atoms with Gasteiger partial charge in [0.2, 0.25) is 11.8 Å². The van der Waals surface area contributed by atoms with Crippen molar-refractivity contribution in [1.29, 1.82) is 0 Å². The molecule has 3 N–H and O–H groups in total. The number of halogens is 1. The highest BCUT2D eigenvalue weighted by molar-refractivity contribution is 5.91. The number of hydrogen-bond donors (Lipinski definition) is 3. The van der Waals surface area contributed by atoms with E-state index < -0.39 is 29.9 Å². The molecule has 2 aromatic carbocycles. The molecule has 4 rings (SSSR count). The van der Waals surface area contributed by atoms with Crippen molar-refractivity contribution in [1.82, 2.24) is 25.5 Å². The Morgan fingerprint density at radius 2 is 1.92 bits per heavy atom. The first-order chi connectivity index (χ1) is 17.8. The fourth-order valence-electron chi connectivity index (χ4n) is 4.48. The zero-order chi connectivity index (χ0) is 26.4. The molecule has 3 amide bonds. The van der Waals surface area contributed by atoms with Crippen LogP contribution in [0.25, 0.3) is 11.0 Å².